The van der Waals surface area contributed by atoms with Gasteiger partial charge in [0.2, 0.25) is 0 Å². The van der Waals surface area contributed by atoms with Gasteiger partial charge in [-0.3, -0.25) is 0 Å². The molecule has 0 saturated heterocycles. The van der Waals surface area contributed by atoms with E-state index in [0.717, 1.165) is 12.1 Å². The summed E-state index contributed by atoms with van der Waals surface area (Å²) in [7, 11) is 1.20. The van der Waals surface area contributed by atoms with Crippen LogP contribution in [0.25, 0.3) is 0 Å². The molecule has 0 bridgehead atoms. The maximum Gasteiger partial charge on any atom is 0.330 e. The van der Waals surface area contributed by atoms with Gasteiger partial charge in [-0.1, -0.05) is 6.08 Å². The zero-order valence-electron chi connectivity index (χ0n) is 8.47. The predicted octanol–water partition coefficient (Wildman–Crippen LogP) is 2.38. The van der Waals surface area contributed by atoms with Crippen molar-refractivity contribution in [2.45, 2.75) is 6.42 Å². The highest BCUT2D eigenvalue weighted by Crippen LogP contribution is 2.14. The van der Waals surface area contributed by atoms with Crippen LogP contribution in [-0.2, 0) is 16.0 Å². The Labute approximate surface area is 90.3 Å². The van der Waals surface area contributed by atoms with E-state index in [1.165, 1.54) is 13.2 Å². The van der Waals surface area contributed by atoms with E-state index in [1.54, 1.807) is 0 Å². The number of carbonyl (C=O) groups is 1. The van der Waals surface area contributed by atoms with Crippen LogP contribution in [-0.4, -0.2) is 13.1 Å². The van der Waals surface area contributed by atoms with Crippen LogP contribution < -0.4 is 0 Å². The Morgan fingerprint density at radius 1 is 1.25 bits per heavy atom. The van der Waals surface area contributed by atoms with Crippen LogP contribution in [0.15, 0.2) is 24.3 Å². The van der Waals surface area contributed by atoms with Crippen molar-refractivity contribution in [2.24, 2.45) is 0 Å². The van der Waals surface area contributed by atoms with Crippen molar-refractivity contribution in [2.75, 3.05) is 7.11 Å². The van der Waals surface area contributed by atoms with Crippen LogP contribution in [0.4, 0.5) is 13.2 Å². The normalized spacial score (nSPS) is 10.8. The minimum absolute atomic E-state index is 0.0157. The first-order valence-corrected chi connectivity index (χ1v) is 4.42. The second kappa shape index (κ2) is 5.34. The van der Waals surface area contributed by atoms with E-state index in [9.17, 15) is 18.0 Å². The molecule has 0 N–H and O–H groups in total. The van der Waals surface area contributed by atoms with Crippen molar-refractivity contribution < 1.29 is 22.7 Å². The van der Waals surface area contributed by atoms with Crippen molar-refractivity contribution >= 4 is 5.97 Å². The van der Waals surface area contributed by atoms with E-state index in [0.29, 0.717) is 6.07 Å². The summed E-state index contributed by atoms with van der Waals surface area (Å²) in [5.74, 6) is -3.81. The number of allylic oxidation sites excluding steroid dienone is 1. The average Bonchev–Trinajstić information content (AvgIpc) is 2.25. The molecule has 0 fully saturated rings. The minimum Gasteiger partial charge on any atom is -0.466 e. The third kappa shape index (κ3) is 3.12. The van der Waals surface area contributed by atoms with Gasteiger partial charge in [0, 0.05) is 12.1 Å². The first-order valence-electron chi connectivity index (χ1n) is 4.42. The highest BCUT2D eigenvalue weighted by atomic mass is 19.2. The van der Waals surface area contributed by atoms with Gasteiger partial charge < -0.3 is 4.74 Å². The number of ether oxygens (including phenoxy) is 1. The Morgan fingerprint density at radius 2 is 1.88 bits per heavy atom. The van der Waals surface area contributed by atoms with Crippen LogP contribution in [0, 0.1) is 17.5 Å². The van der Waals surface area contributed by atoms with Gasteiger partial charge in [0.05, 0.1) is 7.11 Å². The van der Waals surface area contributed by atoms with Gasteiger partial charge in [0.1, 0.15) is 5.82 Å². The lowest BCUT2D eigenvalue weighted by Gasteiger charge is -2.00. The van der Waals surface area contributed by atoms with Gasteiger partial charge in [-0.2, -0.15) is 0 Å². The van der Waals surface area contributed by atoms with Crippen molar-refractivity contribution in [1.82, 2.24) is 0 Å². The number of carbonyl (C=O) groups excluding carboxylic acids is 1. The Bertz CT molecular complexity index is 427. The molecular weight excluding hydrogens is 221 g/mol. The minimum atomic E-state index is -1.24. The Balaban J connectivity index is 2.78. The molecule has 1 aromatic carbocycles. The molecule has 0 aliphatic carbocycles. The number of hydrogen-bond donors (Lipinski definition) is 0. The fraction of sp³-hybridized carbons (Fsp3) is 0.182. The molecule has 0 unspecified atom stereocenters. The number of rotatable bonds is 3. The summed E-state index contributed by atoms with van der Waals surface area (Å²) in [4.78, 5) is 10.7. The smallest absolute Gasteiger partial charge is 0.330 e. The molecule has 16 heavy (non-hydrogen) atoms. The van der Waals surface area contributed by atoms with Gasteiger partial charge in [-0.05, 0) is 18.1 Å². The van der Waals surface area contributed by atoms with Gasteiger partial charge >= 0.3 is 5.97 Å². The highest BCUT2D eigenvalue weighted by molar-refractivity contribution is 5.81. The molecule has 1 rings (SSSR count). The number of hydrogen-bond acceptors (Lipinski definition) is 2. The van der Waals surface area contributed by atoms with Gasteiger partial charge in [-0.25, -0.2) is 18.0 Å². The number of halogens is 3. The third-order valence-corrected chi connectivity index (χ3v) is 1.88. The van der Waals surface area contributed by atoms with Crippen LogP contribution in [0.2, 0.25) is 0 Å². The average molecular weight is 230 g/mol. The van der Waals surface area contributed by atoms with E-state index in [1.807, 2.05) is 0 Å². The lowest BCUT2D eigenvalue weighted by atomic mass is 10.1. The summed E-state index contributed by atoms with van der Waals surface area (Å²) >= 11 is 0. The second-order valence-corrected chi connectivity index (χ2v) is 2.99. The lowest BCUT2D eigenvalue weighted by molar-refractivity contribution is -0.134. The summed E-state index contributed by atoms with van der Waals surface area (Å²) in [6.07, 6.45) is 2.38. The predicted molar refractivity (Wildman–Crippen MR) is 51.2 cm³/mol. The van der Waals surface area contributed by atoms with Gasteiger partial charge in [-0.15, -0.1) is 0 Å². The molecule has 1 aromatic rings. The van der Waals surface area contributed by atoms with Crippen LogP contribution in [0.1, 0.15) is 5.56 Å². The molecule has 0 aliphatic heterocycles. The lowest BCUT2D eigenvalue weighted by Crippen LogP contribution is -1.96. The van der Waals surface area contributed by atoms with E-state index < -0.39 is 23.4 Å². The molecule has 0 radical (unpaired) electrons. The summed E-state index contributed by atoms with van der Waals surface area (Å²) in [6.45, 7) is 0. The SMILES string of the molecule is COC(=O)/C=C/Cc1cc(F)c(F)cc1F. The summed E-state index contributed by atoms with van der Waals surface area (Å²) < 4.78 is 42.7. The number of benzene rings is 1. The molecule has 0 spiro atoms. The van der Waals surface area contributed by atoms with Crippen LogP contribution >= 0.6 is 0 Å². The summed E-state index contributed by atoms with van der Waals surface area (Å²) in [5, 5.41) is 0. The zero-order chi connectivity index (χ0) is 12.1. The largest absolute Gasteiger partial charge is 0.466 e. The summed E-state index contributed by atoms with van der Waals surface area (Å²) in [6, 6.07) is 1.23. The molecule has 0 atom stereocenters. The first kappa shape index (κ1) is 12.3. The van der Waals surface area contributed by atoms with E-state index in [4.69, 9.17) is 0 Å². The van der Waals surface area contributed by atoms with Crippen molar-refractivity contribution in [3.05, 3.63) is 47.3 Å². The molecule has 0 heterocycles. The van der Waals surface area contributed by atoms with Crippen molar-refractivity contribution in [1.29, 1.82) is 0 Å². The van der Waals surface area contributed by atoms with E-state index >= 15 is 0 Å². The fourth-order valence-electron chi connectivity index (χ4n) is 1.07. The monoisotopic (exact) mass is 230 g/mol. The van der Waals surface area contributed by atoms with Crippen LogP contribution in [0.5, 0.6) is 0 Å². The van der Waals surface area contributed by atoms with E-state index in [-0.39, 0.29) is 12.0 Å². The quantitative estimate of drug-likeness (QED) is 0.452. The molecule has 0 saturated carbocycles. The van der Waals surface area contributed by atoms with Gasteiger partial charge in [0.15, 0.2) is 11.6 Å². The molecule has 0 aromatic heterocycles. The maximum absolute atomic E-state index is 13.1. The number of esters is 1. The zero-order valence-corrected chi connectivity index (χ0v) is 8.47. The highest BCUT2D eigenvalue weighted by Gasteiger charge is 2.08. The first-order chi connectivity index (χ1) is 7.54. The van der Waals surface area contributed by atoms with Crippen molar-refractivity contribution in [3.8, 4) is 0 Å². The molecule has 0 amide bonds. The number of methoxy groups -OCH3 is 1. The standard InChI is InChI=1S/C11H9F3O2/c1-16-11(15)4-2-3-7-5-9(13)10(14)6-8(7)12/h2,4-6H,3H2,1H3/b4-2+. The molecule has 86 valence electrons. The second-order valence-electron chi connectivity index (χ2n) is 2.99. The molecule has 5 heteroatoms. The fourth-order valence-corrected chi connectivity index (χ4v) is 1.07. The third-order valence-electron chi connectivity index (χ3n) is 1.88. The Hall–Kier alpha value is -1.78. The molecule has 2 nitrogen and oxygen atoms in total. The van der Waals surface area contributed by atoms with Crippen LogP contribution in [0.3, 0.4) is 0 Å². The maximum atomic E-state index is 13.1. The molecular formula is C11H9F3O2. The topological polar surface area (TPSA) is 26.3 Å². The molecule has 0 aliphatic rings. The van der Waals surface area contributed by atoms with E-state index in [2.05, 4.69) is 4.74 Å². The summed E-state index contributed by atoms with van der Waals surface area (Å²) in [5.41, 5.74) is -0.0287. The van der Waals surface area contributed by atoms with Crippen molar-refractivity contribution in [3.63, 3.8) is 0 Å². The Kier molecular flexibility index (Phi) is 4.10. The van der Waals surface area contributed by atoms with Gasteiger partial charge in [0.25, 0.3) is 0 Å². The Morgan fingerprint density at radius 3 is 2.50 bits per heavy atom.